The monoisotopic (exact) mass is 383 g/mol. The molecule has 0 aliphatic heterocycles. The smallest absolute Gasteiger partial charge is 0.254 e. The number of hydrogen-bond acceptors (Lipinski definition) is 6. The van der Waals surface area contributed by atoms with Crippen LogP contribution in [0.4, 0.5) is 5.82 Å². The number of rotatable bonds is 5. The van der Waals surface area contributed by atoms with Crippen molar-refractivity contribution in [1.82, 2.24) is 20.0 Å². The fraction of sp³-hybridized carbons (Fsp3) is 0.263. The highest BCUT2D eigenvalue weighted by molar-refractivity contribution is 6.33. The minimum atomic E-state index is -0.135. The molecule has 138 valence electrons. The number of carbonyl (C=O) groups excluding carboxylic acids is 1. The fourth-order valence-corrected chi connectivity index (χ4v) is 2.94. The van der Waals surface area contributed by atoms with E-state index in [1.54, 1.807) is 36.3 Å². The summed E-state index contributed by atoms with van der Waals surface area (Å²) >= 11 is 6.05. The molecule has 1 aromatic carbocycles. The van der Waals surface area contributed by atoms with Crippen molar-refractivity contribution in [3.63, 3.8) is 0 Å². The van der Waals surface area contributed by atoms with Crippen LogP contribution < -0.4 is 5.73 Å². The number of aromatic nitrogens is 3. The summed E-state index contributed by atoms with van der Waals surface area (Å²) in [6.07, 6.45) is 3.81. The maximum absolute atomic E-state index is 12.8. The maximum Gasteiger partial charge on any atom is 0.254 e. The van der Waals surface area contributed by atoms with Gasteiger partial charge in [0.25, 0.3) is 5.91 Å². The Morgan fingerprint density at radius 2 is 2.15 bits per heavy atom. The van der Waals surface area contributed by atoms with E-state index in [-0.39, 0.29) is 18.3 Å². The first-order valence-corrected chi connectivity index (χ1v) is 8.98. The number of benzene rings is 1. The summed E-state index contributed by atoms with van der Waals surface area (Å²) in [4.78, 5) is 22.8. The van der Waals surface area contributed by atoms with Crippen molar-refractivity contribution in [3.05, 3.63) is 58.8 Å². The zero-order valence-corrected chi connectivity index (χ0v) is 15.5. The predicted molar refractivity (Wildman–Crippen MR) is 101 cm³/mol. The van der Waals surface area contributed by atoms with Gasteiger partial charge in [-0.15, -0.1) is 0 Å². The molecule has 1 aliphatic carbocycles. The number of carbonyl (C=O) groups is 1. The molecule has 2 heterocycles. The zero-order chi connectivity index (χ0) is 19.0. The number of nitrogens with zero attached hydrogens (tertiary/aromatic N) is 4. The van der Waals surface area contributed by atoms with Crippen molar-refractivity contribution in [2.24, 2.45) is 0 Å². The number of nitrogen functional groups attached to an aromatic ring is 1. The van der Waals surface area contributed by atoms with Crippen LogP contribution in [0.15, 0.2) is 41.1 Å². The van der Waals surface area contributed by atoms with Crippen LogP contribution in [0.5, 0.6) is 0 Å². The molecule has 1 saturated carbocycles. The molecule has 4 rings (SSSR count). The van der Waals surface area contributed by atoms with Gasteiger partial charge in [0.15, 0.2) is 5.82 Å². The third-order valence-electron chi connectivity index (χ3n) is 4.45. The van der Waals surface area contributed by atoms with Gasteiger partial charge in [-0.2, -0.15) is 4.98 Å². The first-order valence-electron chi connectivity index (χ1n) is 8.60. The predicted octanol–water partition coefficient (Wildman–Crippen LogP) is 3.52. The van der Waals surface area contributed by atoms with E-state index in [2.05, 4.69) is 15.1 Å². The van der Waals surface area contributed by atoms with Gasteiger partial charge in [-0.3, -0.25) is 4.79 Å². The van der Waals surface area contributed by atoms with Gasteiger partial charge in [-0.25, -0.2) is 4.98 Å². The van der Waals surface area contributed by atoms with E-state index in [1.165, 1.54) is 0 Å². The third-order valence-corrected chi connectivity index (χ3v) is 4.75. The SMILES string of the molecule is CN(Cc1noc(C2CC2)n1)C(=O)c1cccc(-c2cnc(N)c(Cl)c2)c1. The molecule has 27 heavy (non-hydrogen) atoms. The average molecular weight is 384 g/mol. The van der Waals surface area contributed by atoms with Crippen LogP contribution in [-0.2, 0) is 6.54 Å². The number of pyridine rings is 1. The van der Waals surface area contributed by atoms with Gasteiger partial charge in [0, 0.05) is 30.3 Å². The van der Waals surface area contributed by atoms with Crippen LogP contribution in [-0.4, -0.2) is 33.0 Å². The molecule has 0 atom stereocenters. The molecule has 1 fully saturated rings. The average Bonchev–Trinajstić information content (AvgIpc) is 3.43. The van der Waals surface area contributed by atoms with Crippen LogP contribution >= 0.6 is 11.6 Å². The topological polar surface area (TPSA) is 98.1 Å². The standard InChI is InChI=1S/C19H18ClN5O2/c1-25(10-16-23-18(27-24-16)11-5-6-11)19(26)13-4-2-3-12(7-13)14-8-15(20)17(21)22-9-14/h2-4,7-9,11H,5-6,10H2,1H3,(H2,21,22). The summed E-state index contributed by atoms with van der Waals surface area (Å²) in [6, 6.07) is 9.01. The Labute approximate surface area is 161 Å². The molecule has 2 aromatic heterocycles. The van der Waals surface area contributed by atoms with Crippen LogP contribution in [0.3, 0.4) is 0 Å². The molecule has 0 bridgehead atoms. The lowest BCUT2D eigenvalue weighted by atomic mass is 10.0. The highest BCUT2D eigenvalue weighted by atomic mass is 35.5. The number of hydrogen-bond donors (Lipinski definition) is 1. The molecule has 0 radical (unpaired) electrons. The van der Waals surface area contributed by atoms with Crippen LogP contribution in [0.1, 0.15) is 40.8 Å². The molecule has 0 saturated heterocycles. The molecule has 1 aliphatic rings. The van der Waals surface area contributed by atoms with Crippen molar-refractivity contribution in [3.8, 4) is 11.1 Å². The van der Waals surface area contributed by atoms with E-state index in [9.17, 15) is 4.79 Å². The minimum absolute atomic E-state index is 0.135. The molecule has 8 heteroatoms. The van der Waals surface area contributed by atoms with Crippen LogP contribution in [0.2, 0.25) is 5.02 Å². The zero-order valence-electron chi connectivity index (χ0n) is 14.7. The second-order valence-corrected chi connectivity index (χ2v) is 7.06. The number of anilines is 1. The lowest BCUT2D eigenvalue weighted by molar-refractivity contribution is 0.0780. The van der Waals surface area contributed by atoms with Gasteiger partial charge in [-0.05, 0) is 36.6 Å². The van der Waals surface area contributed by atoms with E-state index >= 15 is 0 Å². The summed E-state index contributed by atoms with van der Waals surface area (Å²) in [5.74, 6) is 1.71. The van der Waals surface area contributed by atoms with Crippen molar-refractivity contribution in [1.29, 1.82) is 0 Å². The van der Waals surface area contributed by atoms with E-state index in [1.807, 2.05) is 12.1 Å². The van der Waals surface area contributed by atoms with Crippen molar-refractivity contribution in [2.75, 3.05) is 12.8 Å². The Balaban J connectivity index is 1.51. The summed E-state index contributed by atoms with van der Waals surface area (Å²) in [6.45, 7) is 0.286. The second kappa shape index (κ2) is 7.00. The Kier molecular flexibility index (Phi) is 4.53. The second-order valence-electron chi connectivity index (χ2n) is 6.66. The molecule has 3 aromatic rings. The van der Waals surface area contributed by atoms with Crippen LogP contribution in [0.25, 0.3) is 11.1 Å². The van der Waals surface area contributed by atoms with Gasteiger partial charge in [0.1, 0.15) is 5.82 Å². The van der Waals surface area contributed by atoms with Crippen molar-refractivity contribution < 1.29 is 9.32 Å². The lowest BCUT2D eigenvalue weighted by Gasteiger charge is -2.15. The molecular weight excluding hydrogens is 366 g/mol. The van der Waals surface area contributed by atoms with E-state index in [0.717, 1.165) is 24.0 Å². The normalized spacial score (nSPS) is 13.6. The number of halogens is 1. The van der Waals surface area contributed by atoms with Gasteiger partial charge in [0.2, 0.25) is 5.89 Å². The quantitative estimate of drug-likeness (QED) is 0.723. The van der Waals surface area contributed by atoms with Gasteiger partial charge in [0.05, 0.1) is 11.6 Å². The van der Waals surface area contributed by atoms with Gasteiger partial charge < -0.3 is 15.2 Å². The van der Waals surface area contributed by atoms with E-state index in [0.29, 0.717) is 28.2 Å². The first kappa shape index (κ1) is 17.5. The molecule has 7 nitrogen and oxygen atoms in total. The summed E-state index contributed by atoms with van der Waals surface area (Å²) in [7, 11) is 1.71. The highest BCUT2D eigenvalue weighted by Crippen LogP contribution is 2.38. The minimum Gasteiger partial charge on any atom is -0.382 e. The fourth-order valence-electron chi connectivity index (χ4n) is 2.77. The van der Waals surface area contributed by atoms with E-state index < -0.39 is 0 Å². The number of nitrogens with two attached hydrogens (primary N) is 1. The maximum atomic E-state index is 12.8. The number of amides is 1. The van der Waals surface area contributed by atoms with Gasteiger partial charge in [-0.1, -0.05) is 28.9 Å². The summed E-state index contributed by atoms with van der Waals surface area (Å²) in [5.41, 5.74) is 7.83. The largest absolute Gasteiger partial charge is 0.382 e. The molecule has 2 N–H and O–H groups in total. The third kappa shape index (κ3) is 3.78. The molecule has 1 amide bonds. The highest BCUT2D eigenvalue weighted by Gasteiger charge is 2.29. The van der Waals surface area contributed by atoms with Crippen LogP contribution in [0, 0.1) is 0 Å². The lowest BCUT2D eigenvalue weighted by Crippen LogP contribution is -2.26. The first-order chi connectivity index (χ1) is 13.0. The molecule has 0 unspecified atom stereocenters. The Morgan fingerprint density at radius 3 is 2.89 bits per heavy atom. The Morgan fingerprint density at radius 1 is 1.33 bits per heavy atom. The summed E-state index contributed by atoms with van der Waals surface area (Å²) < 4.78 is 5.24. The Hall–Kier alpha value is -2.93. The van der Waals surface area contributed by atoms with Crippen molar-refractivity contribution >= 4 is 23.3 Å². The van der Waals surface area contributed by atoms with E-state index in [4.69, 9.17) is 21.9 Å². The van der Waals surface area contributed by atoms with Crippen molar-refractivity contribution in [2.45, 2.75) is 25.3 Å². The summed E-state index contributed by atoms with van der Waals surface area (Å²) in [5, 5.41) is 4.34. The molecular formula is C19H18ClN5O2. The van der Waals surface area contributed by atoms with Gasteiger partial charge >= 0.3 is 0 Å². The Bertz CT molecular complexity index is 999. The molecule has 0 spiro atoms.